The van der Waals surface area contributed by atoms with Crippen LogP contribution in [0.3, 0.4) is 0 Å². The van der Waals surface area contributed by atoms with Gasteiger partial charge in [-0.1, -0.05) is 0 Å². The average molecular weight is 293 g/mol. The molecule has 3 rings (SSSR count). The van der Waals surface area contributed by atoms with Gasteiger partial charge in [-0.25, -0.2) is 4.98 Å². The second-order valence-electron chi connectivity index (χ2n) is 6.06. The van der Waals surface area contributed by atoms with E-state index in [1.54, 1.807) is 11.3 Å². The van der Waals surface area contributed by atoms with Gasteiger partial charge in [0.2, 0.25) is 5.91 Å². The molecule has 0 radical (unpaired) electrons. The molecule has 1 aliphatic carbocycles. The van der Waals surface area contributed by atoms with Gasteiger partial charge in [-0.3, -0.25) is 9.69 Å². The van der Waals surface area contributed by atoms with Crippen LogP contribution in [0.15, 0.2) is 5.38 Å². The van der Waals surface area contributed by atoms with E-state index in [2.05, 4.69) is 20.6 Å². The Morgan fingerprint density at radius 1 is 1.55 bits per heavy atom. The van der Waals surface area contributed by atoms with Gasteiger partial charge < -0.3 is 5.32 Å². The Hall–Kier alpha value is -0.940. The fraction of sp³-hybridized carbons (Fsp3) is 0.733. The van der Waals surface area contributed by atoms with Gasteiger partial charge in [0.15, 0.2) is 0 Å². The highest BCUT2D eigenvalue weighted by atomic mass is 32.1. The molecule has 4 nitrogen and oxygen atoms in total. The Morgan fingerprint density at radius 2 is 2.45 bits per heavy atom. The highest BCUT2D eigenvalue weighted by Crippen LogP contribution is 2.37. The molecule has 0 spiro atoms. The Morgan fingerprint density at radius 3 is 3.10 bits per heavy atom. The summed E-state index contributed by atoms with van der Waals surface area (Å²) in [4.78, 5) is 18.8. The van der Waals surface area contributed by atoms with Crippen molar-refractivity contribution < 1.29 is 4.79 Å². The molecule has 20 heavy (non-hydrogen) atoms. The minimum atomic E-state index is 0.182. The van der Waals surface area contributed by atoms with Gasteiger partial charge in [-0.05, 0) is 32.1 Å². The monoisotopic (exact) mass is 293 g/mol. The van der Waals surface area contributed by atoms with Crippen LogP contribution in [-0.4, -0.2) is 41.5 Å². The highest BCUT2D eigenvalue weighted by Gasteiger charge is 2.37. The van der Waals surface area contributed by atoms with Crippen LogP contribution in [0.25, 0.3) is 0 Å². The number of thiazole rings is 1. The third-order valence-corrected chi connectivity index (χ3v) is 5.50. The van der Waals surface area contributed by atoms with E-state index in [1.165, 1.54) is 25.8 Å². The lowest BCUT2D eigenvalue weighted by Crippen LogP contribution is -2.36. The number of rotatable bonds is 6. The second-order valence-corrected chi connectivity index (χ2v) is 7.00. The van der Waals surface area contributed by atoms with E-state index < -0.39 is 0 Å². The summed E-state index contributed by atoms with van der Waals surface area (Å²) in [5.41, 5.74) is 1.07. The van der Waals surface area contributed by atoms with Gasteiger partial charge in [0.25, 0.3) is 0 Å². The molecular formula is C15H23N3OS. The van der Waals surface area contributed by atoms with Gasteiger partial charge >= 0.3 is 0 Å². The molecule has 2 fully saturated rings. The van der Waals surface area contributed by atoms with Crippen LogP contribution in [0.4, 0.5) is 0 Å². The molecule has 0 aromatic carbocycles. The van der Waals surface area contributed by atoms with Crippen molar-refractivity contribution in [2.45, 2.75) is 45.1 Å². The number of piperidine rings is 1. The number of hydrogen-bond acceptors (Lipinski definition) is 4. The van der Waals surface area contributed by atoms with E-state index >= 15 is 0 Å². The van der Waals surface area contributed by atoms with E-state index in [4.69, 9.17) is 0 Å². The summed E-state index contributed by atoms with van der Waals surface area (Å²) in [5, 5.41) is 6.18. The number of likely N-dealkylation sites (tertiary alicyclic amines) is 1. The molecule has 1 aromatic heterocycles. The van der Waals surface area contributed by atoms with E-state index in [-0.39, 0.29) is 5.91 Å². The van der Waals surface area contributed by atoms with Gasteiger partial charge in [-0.2, -0.15) is 0 Å². The Balaban J connectivity index is 1.31. The summed E-state index contributed by atoms with van der Waals surface area (Å²) in [6, 6.07) is 0.770. The molecule has 1 saturated heterocycles. The number of aromatic nitrogens is 1. The third kappa shape index (κ3) is 3.38. The lowest BCUT2D eigenvalue weighted by Gasteiger charge is -2.26. The quantitative estimate of drug-likeness (QED) is 0.872. The zero-order valence-corrected chi connectivity index (χ0v) is 12.9. The number of nitrogens with one attached hydrogen (secondary N) is 1. The SMILES string of the molecule is Cc1csc(CCNC(=O)CCN2C[C@@H]3CC[C@H]2C3)n1. The summed E-state index contributed by atoms with van der Waals surface area (Å²) in [7, 11) is 0. The minimum Gasteiger partial charge on any atom is -0.356 e. The summed E-state index contributed by atoms with van der Waals surface area (Å²) in [6.45, 7) is 4.86. The van der Waals surface area contributed by atoms with Crippen LogP contribution < -0.4 is 5.32 Å². The first kappa shape index (κ1) is 14.0. The zero-order chi connectivity index (χ0) is 13.9. The van der Waals surface area contributed by atoms with Crippen molar-refractivity contribution in [1.82, 2.24) is 15.2 Å². The van der Waals surface area contributed by atoms with Crippen molar-refractivity contribution in [3.63, 3.8) is 0 Å². The highest BCUT2D eigenvalue weighted by molar-refractivity contribution is 7.09. The molecule has 1 amide bonds. The van der Waals surface area contributed by atoms with Gasteiger partial charge in [-0.15, -0.1) is 11.3 Å². The first-order valence-corrected chi connectivity index (χ1v) is 8.50. The average Bonchev–Trinajstić information content (AvgIpc) is 3.13. The van der Waals surface area contributed by atoms with Crippen LogP contribution in [-0.2, 0) is 11.2 Å². The van der Waals surface area contributed by atoms with Crippen LogP contribution >= 0.6 is 11.3 Å². The second kappa shape index (κ2) is 6.22. The molecule has 1 saturated carbocycles. The minimum absolute atomic E-state index is 0.182. The molecular weight excluding hydrogens is 270 g/mol. The molecule has 1 aromatic rings. The van der Waals surface area contributed by atoms with Gasteiger partial charge in [0.1, 0.15) is 0 Å². The largest absolute Gasteiger partial charge is 0.356 e. The molecule has 2 aliphatic rings. The fourth-order valence-electron chi connectivity index (χ4n) is 3.46. The van der Waals surface area contributed by atoms with Crippen LogP contribution in [0.2, 0.25) is 0 Å². The lowest BCUT2D eigenvalue weighted by atomic mass is 10.1. The fourth-order valence-corrected chi connectivity index (χ4v) is 4.24. The third-order valence-electron chi connectivity index (χ3n) is 4.48. The van der Waals surface area contributed by atoms with E-state index in [0.717, 1.165) is 35.6 Å². The maximum atomic E-state index is 11.8. The van der Waals surface area contributed by atoms with Crippen LogP contribution in [0, 0.1) is 12.8 Å². The topological polar surface area (TPSA) is 45.2 Å². The van der Waals surface area contributed by atoms with Crippen molar-refractivity contribution in [2.24, 2.45) is 5.92 Å². The Labute approximate surface area is 124 Å². The maximum Gasteiger partial charge on any atom is 0.221 e. The maximum absolute atomic E-state index is 11.8. The van der Waals surface area contributed by atoms with Crippen LogP contribution in [0.5, 0.6) is 0 Å². The number of nitrogens with zero attached hydrogens (tertiary/aromatic N) is 2. The van der Waals surface area contributed by atoms with E-state index in [9.17, 15) is 4.79 Å². The zero-order valence-electron chi connectivity index (χ0n) is 12.1. The summed E-state index contributed by atoms with van der Waals surface area (Å²) < 4.78 is 0. The molecule has 2 heterocycles. The Bertz CT molecular complexity index is 473. The molecule has 2 atom stereocenters. The molecule has 1 aliphatic heterocycles. The number of hydrogen-bond donors (Lipinski definition) is 1. The Kier molecular flexibility index (Phi) is 4.36. The van der Waals surface area contributed by atoms with Crippen molar-refractivity contribution in [3.8, 4) is 0 Å². The number of carbonyl (C=O) groups is 1. The number of amides is 1. The van der Waals surface area contributed by atoms with E-state index in [1.807, 2.05) is 6.92 Å². The molecule has 2 bridgehead atoms. The predicted octanol–water partition coefficient (Wildman–Crippen LogP) is 1.98. The summed E-state index contributed by atoms with van der Waals surface area (Å²) >= 11 is 1.67. The van der Waals surface area contributed by atoms with Crippen LogP contribution in [0.1, 0.15) is 36.4 Å². The van der Waals surface area contributed by atoms with Crippen molar-refractivity contribution in [1.29, 1.82) is 0 Å². The molecule has 5 heteroatoms. The normalized spacial score (nSPS) is 25.2. The summed E-state index contributed by atoms with van der Waals surface area (Å²) in [6.07, 6.45) is 5.60. The standard InChI is InChI=1S/C15H23N3OS/c1-11-10-20-15(17-11)4-6-16-14(19)5-7-18-9-12-2-3-13(18)8-12/h10,12-13H,2-9H2,1H3,(H,16,19)/t12-,13+/m1/s1. The van der Waals surface area contributed by atoms with E-state index in [0.29, 0.717) is 13.0 Å². The number of fused-ring (bicyclic) bond motifs is 2. The van der Waals surface area contributed by atoms with Gasteiger partial charge in [0, 0.05) is 49.6 Å². The van der Waals surface area contributed by atoms with Crippen molar-refractivity contribution in [3.05, 3.63) is 16.1 Å². The predicted molar refractivity (Wildman–Crippen MR) is 80.9 cm³/mol. The number of aryl methyl sites for hydroxylation is 1. The first-order valence-electron chi connectivity index (χ1n) is 7.62. The molecule has 1 N–H and O–H groups in total. The smallest absolute Gasteiger partial charge is 0.221 e. The first-order chi connectivity index (χ1) is 9.70. The number of carbonyl (C=O) groups excluding carboxylic acids is 1. The summed E-state index contributed by atoms with van der Waals surface area (Å²) in [5.74, 6) is 1.09. The molecule has 110 valence electrons. The van der Waals surface area contributed by atoms with Crippen molar-refractivity contribution in [2.75, 3.05) is 19.6 Å². The molecule has 0 unspecified atom stereocenters. The van der Waals surface area contributed by atoms with Crippen molar-refractivity contribution >= 4 is 17.2 Å². The van der Waals surface area contributed by atoms with Gasteiger partial charge in [0.05, 0.1) is 5.01 Å². The lowest BCUT2D eigenvalue weighted by molar-refractivity contribution is -0.121.